The van der Waals surface area contributed by atoms with Gasteiger partial charge in [-0.1, -0.05) is 6.07 Å². The van der Waals surface area contributed by atoms with Gasteiger partial charge in [-0.2, -0.15) is 0 Å². The molecule has 1 aliphatic rings. The van der Waals surface area contributed by atoms with Gasteiger partial charge < -0.3 is 24.8 Å². The maximum absolute atomic E-state index is 12.8. The van der Waals surface area contributed by atoms with Crippen LogP contribution in [-0.4, -0.2) is 71.3 Å². The number of benzene rings is 2. The van der Waals surface area contributed by atoms with E-state index in [1.807, 2.05) is 62.4 Å². The highest BCUT2D eigenvalue weighted by molar-refractivity contribution is 5.96. The van der Waals surface area contributed by atoms with Gasteiger partial charge in [-0.15, -0.1) is 0 Å². The van der Waals surface area contributed by atoms with E-state index in [2.05, 4.69) is 30.5 Å². The van der Waals surface area contributed by atoms with Crippen molar-refractivity contribution in [1.82, 2.24) is 25.2 Å². The molecule has 0 spiro atoms. The summed E-state index contributed by atoms with van der Waals surface area (Å²) in [6, 6.07) is 15.2. The average molecular weight is 543 g/mol. The van der Waals surface area contributed by atoms with Crippen molar-refractivity contribution >= 4 is 28.3 Å². The van der Waals surface area contributed by atoms with Gasteiger partial charge in [0.15, 0.2) is 6.10 Å². The molecule has 1 atom stereocenters. The number of amides is 1. The Kier molecular flexibility index (Phi) is 8.68. The van der Waals surface area contributed by atoms with Gasteiger partial charge in [-0.05, 0) is 68.8 Å². The lowest BCUT2D eigenvalue weighted by Crippen LogP contribution is -2.43. The lowest BCUT2D eigenvalue weighted by Gasteiger charge is -2.26. The molecule has 5 rings (SSSR count). The van der Waals surface area contributed by atoms with Gasteiger partial charge in [0.05, 0.1) is 30.3 Å². The fraction of sp³-hybridized carbons (Fsp3) is 0.333. The standard InChI is InChI=1S/C30H34N6O4/c1-20-17-23(8-10-26(20)40-24-9-7-21(2)32-18-24)35-29-28-25(33-19-34-29)5-4-6-27(28)39-22(3)30(37)31-11-12-36-13-15-38-16-14-36/h4-10,17-19,22H,11-16H2,1-3H3,(H,31,37)(H,33,34,35)/t22-/m1/s1. The number of hydrogen-bond acceptors (Lipinski definition) is 9. The third kappa shape index (κ3) is 6.83. The Morgan fingerprint density at radius 1 is 1.05 bits per heavy atom. The minimum Gasteiger partial charge on any atom is -0.480 e. The predicted octanol–water partition coefficient (Wildman–Crippen LogP) is 4.39. The molecular formula is C30H34N6O4. The topological polar surface area (TPSA) is 111 Å². The zero-order valence-corrected chi connectivity index (χ0v) is 23.0. The number of rotatable bonds is 10. The van der Waals surface area contributed by atoms with E-state index in [0.717, 1.165) is 55.5 Å². The van der Waals surface area contributed by atoms with Crippen molar-refractivity contribution in [2.75, 3.05) is 44.7 Å². The summed E-state index contributed by atoms with van der Waals surface area (Å²) in [6.07, 6.45) is 2.52. The fourth-order valence-electron chi connectivity index (χ4n) is 4.44. The summed E-state index contributed by atoms with van der Waals surface area (Å²) in [5.41, 5.74) is 3.42. The number of aromatic nitrogens is 3. The first-order chi connectivity index (χ1) is 19.5. The number of ether oxygens (including phenoxy) is 3. The summed E-state index contributed by atoms with van der Waals surface area (Å²) < 4.78 is 17.5. The quantitative estimate of drug-likeness (QED) is 0.301. The zero-order valence-electron chi connectivity index (χ0n) is 23.0. The van der Waals surface area contributed by atoms with E-state index in [0.29, 0.717) is 34.8 Å². The number of pyridine rings is 1. The molecule has 10 nitrogen and oxygen atoms in total. The number of fused-ring (bicyclic) bond motifs is 1. The molecule has 0 unspecified atom stereocenters. The minimum atomic E-state index is -0.696. The summed E-state index contributed by atoms with van der Waals surface area (Å²) in [6.45, 7) is 10.2. The largest absolute Gasteiger partial charge is 0.480 e. The van der Waals surface area contributed by atoms with Gasteiger partial charge in [-0.25, -0.2) is 9.97 Å². The van der Waals surface area contributed by atoms with E-state index in [9.17, 15) is 4.79 Å². The third-order valence-electron chi connectivity index (χ3n) is 6.68. The number of morpholine rings is 1. The molecular weight excluding hydrogens is 508 g/mol. The lowest BCUT2D eigenvalue weighted by molar-refractivity contribution is -0.127. The third-order valence-corrected chi connectivity index (χ3v) is 6.68. The summed E-state index contributed by atoms with van der Waals surface area (Å²) in [4.78, 5) is 28.2. The van der Waals surface area contributed by atoms with E-state index < -0.39 is 6.10 Å². The molecule has 1 fully saturated rings. The van der Waals surface area contributed by atoms with Crippen molar-refractivity contribution in [3.8, 4) is 17.2 Å². The highest BCUT2D eigenvalue weighted by Crippen LogP contribution is 2.33. The predicted molar refractivity (Wildman–Crippen MR) is 153 cm³/mol. The van der Waals surface area contributed by atoms with Crippen LogP contribution in [-0.2, 0) is 9.53 Å². The van der Waals surface area contributed by atoms with Crippen molar-refractivity contribution < 1.29 is 19.0 Å². The van der Waals surface area contributed by atoms with Crippen LogP contribution < -0.4 is 20.1 Å². The van der Waals surface area contributed by atoms with Gasteiger partial charge in [-0.3, -0.25) is 14.7 Å². The molecule has 0 radical (unpaired) electrons. The summed E-state index contributed by atoms with van der Waals surface area (Å²) in [5.74, 6) is 2.35. The Balaban J connectivity index is 1.27. The van der Waals surface area contributed by atoms with Crippen molar-refractivity contribution in [2.24, 2.45) is 0 Å². The number of carbonyl (C=O) groups is 1. The van der Waals surface area contributed by atoms with Gasteiger partial charge >= 0.3 is 0 Å². The molecule has 1 aliphatic heterocycles. The van der Waals surface area contributed by atoms with E-state index in [1.165, 1.54) is 6.33 Å². The maximum Gasteiger partial charge on any atom is 0.260 e. The first kappa shape index (κ1) is 27.3. The van der Waals surface area contributed by atoms with Crippen LogP contribution >= 0.6 is 0 Å². The average Bonchev–Trinajstić information content (AvgIpc) is 2.96. The Morgan fingerprint density at radius 3 is 2.67 bits per heavy atom. The number of carbonyl (C=O) groups excluding carboxylic acids is 1. The second kappa shape index (κ2) is 12.7. The number of aryl methyl sites for hydroxylation is 2. The Hall–Kier alpha value is -4.28. The van der Waals surface area contributed by atoms with Crippen molar-refractivity contribution in [3.63, 3.8) is 0 Å². The molecule has 0 bridgehead atoms. The Bertz CT molecular complexity index is 1450. The van der Waals surface area contributed by atoms with Crippen LogP contribution in [0.1, 0.15) is 18.2 Å². The highest BCUT2D eigenvalue weighted by atomic mass is 16.5. The fourth-order valence-corrected chi connectivity index (χ4v) is 4.44. The van der Waals surface area contributed by atoms with Crippen LogP contribution in [0.2, 0.25) is 0 Å². The first-order valence-corrected chi connectivity index (χ1v) is 13.4. The van der Waals surface area contributed by atoms with Gasteiger partial charge in [0.2, 0.25) is 0 Å². The molecule has 208 valence electrons. The molecule has 0 aliphatic carbocycles. The van der Waals surface area contributed by atoms with Crippen LogP contribution in [0.15, 0.2) is 61.1 Å². The van der Waals surface area contributed by atoms with Crippen molar-refractivity contribution in [1.29, 1.82) is 0 Å². The molecule has 10 heteroatoms. The van der Waals surface area contributed by atoms with E-state index in [4.69, 9.17) is 14.2 Å². The van der Waals surface area contributed by atoms with Crippen LogP contribution in [0, 0.1) is 13.8 Å². The molecule has 1 saturated heterocycles. The van der Waals surface area contributed by atoms with Crippen LogP contribution in [0.3, 0.4) is 0 Å². The van der Waals surface area contributed by atoms with Crippen LogP contribution in [0.4, 0.5) is 11.5 Å². The number of hydrogen-bond donors (Lipinski definition) is 2. The maximum atomic E-state index is 12.8. The molecule has 4 aromatic rings. The van der Waals surface area contributed by atoms with Crippen LogP contribution in [0.25, 0.3) is 10.9 Å². The van der Waals surface area contributed by atoms with Crippen molar-refractivity contribution in [3.05, 3.63) is 72.3 Å². The summed E-state index contributed by atoms with van der Waals surface area (Å²) in [5, 5.41) is 7.06. The van der Waals surface area contributed by atoms with Gasteiger partial charge in [0.25, 0.3) is 5.91 Å². The zero-order chi connectivity index (χ0) is 27.9. The highest BCUT2D eigenvalue weighted by Gasteiger charge is 2.19. The Morgan fingerprint density at radius 2 is 1.90 bits per heavy atom. The number of nitrogens with zero attached hydrogens (tertiary/aromatic N) is 4. The second-order valence-electron chi connectivity index (χ2n) is 9.72. The van der Waals surface area contributed by atoms with Crippen molar-refractivity contribution in [2.45, 2.75) is 26.9 Å². The van der Waals surface area contributed by atoms with Gasteiger partial charge in [0, 0.05) is 37.6 Å². The summed E-state index contributed by atoms with van der Waals surface area (Å²) in [7, 11) is 0. The first-order valence-electron chi connectivity index (χ1n) is 13.4. The minimum absolute atomic E-state index is 0.174. The summed E-state index contributed by atoms with van der Waals surface area (Å²) >= 11 is 0. The van der Waals surface area contributed by atoms with Gasteiger partial charge in [0.1, 0.15) is 29.4 Å². The molecule has 3 heterocycles. The number of nitrogens with one attached hydrogen (secondary N) is 2. The molecule has 2 aromatic heterocycles. The normalized spacial score (nSPS) is 14.5. The molecule has 2 aromatic carbocycles. The molecule has 40 heavy (non-hydrogen) atoms. The molecule has 1 amide bonds. The van der Waals surface area contributed by atoms with E-state index >= 15 is 0 Å². The molecule has 0 saturated carbocycles. The smallest absolute Gasteiger partial charge is 0.260 e. The SMILES string of the molecule is Cc1ccc(Oc2ccc(Nc3ncnc4cccc(O[C@H](C)C(=O)NCCN5CCOCC5)c34)cc2C)cn1. The monoisotopic (exact) mass is 542 g/mol. The molecule has 2 N–H and O–H groups in total. The lowest BCUT2D eigenvalue weighted by atomic mass is 10.1. The van der Waals surface area contributed by atoms with E-state index in [-0.39, 0.29) is 5.91 Å². The van der Waals surface area contributed by atoms with E-state index in [1.54, 1.807) is 13.1 Å². The Labute approximate surface area is 233 Å². The second-order valence-corrected chi connectivity index (χ2v) is 9.72. The van der Waals surface area contributed by atoms with Crippen LogP contribution in [0.5, 0.6) is 17.2 Å². The number of anilines is 2.